The Balaban J connectivity index is 0.00000400. The first-order valence-electron chi connectivity index (χ1n) is 6.66. The van der Waals surface area contributed by atoms with Crippen molar-refractivity contribution in [2.45, 2.75) is 26.3 Å². The number of aliphatic carboxylic acids is 1. The van der Waals surface area contributed by atoms with Crippen molar-refractivity contribution in [2.24, 2.45) is 0 Å². The number of aryl methyl sites for hydroxylation is 1. The molecule has 0 spiro atoms. The highest BCUT2D eigenvalue weighted by molar-refractivity contribution is 5.85. The molecule has 0 saturated heterocycles. The number of halogens is 1. The lowest BCUT2D eigenvalue weighted by atomic mass is 10.1. The molecule has 1 rings (SSSR count). The summed E-state index contributed by atoms with van der Waals surface area (Å²) in [7, 11) is 1.62. The third-order valence-electron chi connectivity index (χ3n) is 3.39. The minimum atomic E-state index is -0.930. The first-order chi connectivity index (χ1) is 9.41. The third-order valence-corrected chi connectivity index (χ3v) is 3.39. The summed E-state index contributed by atoms with van der Waals surface area (Å²) >= 11 is 0. The van der Waals surface area contributed by atoms with Gasteiger partial charge in [0.25, 0.3) is 0 Å². The fourth-order valence-corrected chi connectivity index (χ4v) is 1.84. The van der Waals surface area contributed by atoms with Crippen LogP contribution in [0.3, 0.4) is 0 Å². The number of benzene rings is 1. The molecule has 0 fully saturated rings. The van der Waals surface area contributed by atoms with Gasteiger partial charge in [-0.3, -0.25) is 14.5 Å². The Morgan fingerprint density at radius 3 is 2.52 bits per heavy atom. The van der Waals surface area contributed by atoms with Crippen molar-refractivity contribution >= 4 is 24.3 Å². The van der Waals surface area contributed by atoms with E-state index in [4.69, 9.17) is 5.11 Å². The molecule has 0 radical (unpaired) electrons. The Morgan fingerprint density at radius 2 is 1.95 bits per heavy atom. The van der Waals surface area contributed by atoms with Crippen molar-refractivity contribution < 1.29 is 14.7 Å². The topological polar surface area (TPSA) is 69.6 Å². The molecular weight excluding hydrogens is 292 g/mol. The molecule has 1 unspecified atom stereocenters. The lowest BCUT2D eigenvalue weighted by Gasteiger charge is -2.20. The highest BCUT2D eigenvalue weighted by atomic mass is 35.5. The number of carbonyl (C=O) groups is 2. The molecule has 5 nitrogen and oxygen atoms in total. The Hall–Kier alpha value is -1.59. The number of amides is 1. The molecule has 1 atom stereocenters. The molecular formula is C15H23ClN2O3. The number of hydrogen-bond donors (Lipinski definition) is 2. The highest BCUT2D eigenvalue weighted by Crippen LogP contribution is 2.06. The van der Waals surface area contributed by atoms with Crippen molar-refractivity contribution in [3.63, 3.8) is 0 Å². The van der Waals surface area contributed by atoms with Crippen LogP contribution in [-0.2, 0) is 16.0 Å². The second kappa shape index (κ2) is 9.37. The lowest BCUT2D eigenvalue weighted by Crippen LogP contribution is -2.43. The number of likely N-dealkylation sites (N-methyl/N-ethyl adjacent to an activating group) is 1. The smallest absolute Gasteiger partial charge is 0.320 e. The molecule has 2 N–H and O–H groups in total. The van der Waals surface area contributed by atoms with Crippen LogP contribution in [0.4, 0.5) is 0 Å². The second-order valence-electron chi connectivity index (χ2n) is 4.96. The number of rotatable bonds is 7. The van der Waals surface area contributed by atoms with Crippen LogP contribution in [0.1, 0.15) is 18.1 Å². The van der Waals surface area contributed by atoms with Gasteiger partial charge in [-0.15, -0.1) is 12.4 Å². The number of carboxylic acids is 1. The zero-order chi connectivity index (χ0) is 15.1. The molecule has 1 aromatic carbocycles. The molecule has 21 heavy (non-hydrogen) atoms. The summed E-state index contributed by atoms with van der Waals surface area (Å²) in [6.45, 7) is 4.24. The van der Waals surface area contributed by atoms with E-state index in [2.05, 4.69) is 5.32 Å². The van der Waals surface area contributed by atoms with Gasteiger partial charge in [-0.1, -0.05) is 24.3 Å². The summed E-state index contributed by atoms with van der Waals surface area (Å²) in [6.07, 6.45) is 0.774. The van der Waals surface area contributed by atoms with Gasteiger partial charge in [0.1, 0.15) is 6.04 Å². The van der Waals surface area contributed by atoms with E-state index in [1.54, 1.807) is 14.0 Å². The minimum Gasteiger partial charge on any atom is -0.480 e. The minimum absolute atomic E-state index is 0. The van der Waals surface area contributed by atoms with Crippen molar-refractivity contribution in [2.75, 3.05) is 20.1 Å². The van der Waals surface area contributed by atoms with E-state index in [1.807, 2.05) is 31.2 Å². The number of hydrogen-bond acceptors (Lipinski definition) is 3. The van der Waals surface area contributed by atoms with E-state index < -0.39 is 12.0 Å². The summed E-state index contributed by atoms with van der Waals surface area (Å²) < 4.78 is 0. The monoisotopic (exact) mass is 314 g/mol. The summed E-state index contributed by atoms with van der Waals surface area (Å²) in [5, 5.41) is 11.7. The molecule has 0 bridgehead atoms. The predicted octanol–water partition coefficient (Wildman–Crippen LogP) is 1.48. The van der Waals surface area contributed by atoms with E-state index in [0.717, 1.165) is 6.42 Å². The van der Waals surface area contributed by atoms with Gasteiger partial charge in [-0.05, 0) is 38.4 Å². The quantitative estimate of drug-likeness (QED) is 0.800. The molecule has 1 amide bonds. The zero-order valence-corrected chi connectivity index (χ0v) is 13.4. The van der Waals surface area contributed by atoms with Gasteiger partial charge < -0.3 is 10.4 Å². The van der Waals surface area contributed by atoms with Gasteiger partial charge in [-0.25, -0.2) is 0 Å². The Morgan fingerprint density at radius 1 is 1.33 bits per heavy atom. The zero-order valence-electron chi connectivity index (χ0n) is 12.6. The maximum Gasteiger partial charge on any atom is 0.320 e. The largest absolute Gasteiger partial charge is 0.480 e. The van der Waals surface area contributed by atoms with Crippen LogP contribution in [0, 0.1) is 6.92 Å². The summed E-state index contributed by atoms with van der Waals surface area (Å²) in [4.78, 5) is 24.0. The van der Waals surface area contributed by atoms with Crippen LogP contribution < -0.4 is 5.32 Å². The van der Waals surface area contributed by atoms with E-state index in [0.29, 0.717) is 6.54 Å². The standard InChI is InChI=1S/C15H22N2O3.ClH/c1-11-6-4-5-7-13(11)8-9-16-14(18)10-17(3)12(2)15(19)20;/h4-7,12H,8-10H2,1-3H3,(H,16,18)(H,19,20);1H. The molecule has 0 aromatic heterocycles. The van der Waals surface area contributed by atoms with Crippen LogP contribution in [0.5, 0.6) is 0 Å². The normalized spacial score (nSPS) is 11.6. The summed E-state index contributed by atoms with van der Waals surface area (Å²) in [5.74, 6) is -1.09. The first kappa shape index (κ1) is 19.4. The molecule has 0 aliphatic heterocycles. The maximum absolute atomic E-state index is 11.7. The average Bonchev–Trinajstić information content (AvgIpc) is 2.39. The SMILES string of the molecule is Cc1ccccc1CCNC(=O)CN(C)C(C)C(=O)O.Cl. The Bertz CT molecular complexity index is 480. The van der Waals surface area contributed by atoms with Crippen molar-refractivity contribution in [1.82, 2.24) is 10.2 Å². The van der Waals surface area contributed by atoms with E-state index in [9.17, 15) is 9.59 Å². The highest BCUT2D eigenvalue weighted by Gasteiger charge is 2.18. The van der Waals surface area contributed by atoms with Crippen molar-refractivity contribution in [1.29, 1.82) is 0 Å². The number of carboxylic acid groups (broad SMARTS) is 1. The van der Waals surface area contributed by atoms with Gasteiger partial charge in [0.05, 0.1) is 6.54 Å². The molecule has 6 heteroatoms. The fraction of sp³-hybridized carbons (Fsp3) is 0.467. The van der Waals surface area contributed by atoms with Gasteiger partial charge in [0.15, 0.2) is 0 Å². The molecule has 0 aliphatic rings. The number of nitrogens with zero attached hydrogens (tertiary/aromatic N) is 1. The van der Waals surface area contributed by atoms with E-state index in [-0.39, 0.29) is 24.9 Å². The fourth-order valence-electron chi connectivity index (χ4n) is 1.84. The van der Waals surface area contributed by atoms with E-state index in [1.165, 1.54) is 16.0 Å². The Kier molecular flexibility index (Phi) is 8.66. The molecule has 118 valence electrons. The Labute approximate surface area is 131 Å². The molecule has 0 saturated carbocycles. The maximum atomic E-state index is 11.7. The van der Waals surface area contributed by atoms with Gasteiger partial charge >= 0.3 is 5.97 Å². The molecule has 1 aromatic rings. The lowest BCUT2D eigenvalue weighted by molar-refractivity contribution is -0.142. The van der Waals surface area contributed by atoms with Crippen molar-refractivity contribution in [3.05, 3.63) is 35.4 Å². The second-order valence-corrected chi connectivity index (χ2v) is 4.96. The summed E-state index contributed by atoms with van der Waals surface area (Å²) in [5.41, 5.74) is 2.42. The molecule has 0 aliphatic carbocycles. The first-order valence-corrected chi connectivity index (χ1v) is 6.66. The van der Waals surface area contributed by atoms with Gasteiger partial charge in [0, 0.05) is 6.54 Å². The van der Waals surface area contributed by atoms with Crippen LogP contribution in [0.25, 0.3) is 0 Å². The van der Waals surface area contributed by atoms with E-state index >= 15 is 0 Å². The number of nitrogens with one attached hydrogen (secondary N) is 1. The molecule has 0 heterocycles. The van der Waals surface area contributed by atoms with Crippen LogP contribution in [0.15, 0.2) is 24.3 Å². The van der Waals surface area contributed by atoms with Crippen molar-refractivity contribution in [3.8, 4) is 0 Å². The third kappa shape index (κ3) is 6.60. The summed E-state index contributed by atoms with van der Waals surface area (Å²) in [6, 6.07) is 7.38. The van der Waals surface area contributed by atoms with Crippen LogP contribution in [-0.4, -0.2) is 48.1 Å². The van der Waals surface area contributed by atoms with Gasteiger partial charge in [0.2, 0.25) is 5.91 Å². The van der Waals surface area contributed by atoms with Crippen LogP contribution >= 0.6 is 12.4 Å². The average molecular weight is 315 g/mol. The predicted molar refractivity (Wildman–Crippen MR) is 84.9 cm³/mol. The van der Waals surface area contributed by atoms with Gasteiger partial charge in [-0.2, -0.15) is 0 Å². The number of carbonyl (C=O) groups excluding carboxylic acids is 1. The van der Waals surface area contributed by atoms with Crippen LogP contribution in [0.2, 0.25) is 0 Å².